The fraction of sp³-hybridized carbons (Fsp3) is 0.600. The number of aliphatic hydroxyl groups excluding tert-OH is 2. The second-order valence-corrected chi connectivity index (χ2v) is 11.5. The lowest BCUT2D eigenvalue weighted by molar-refractivity contribution is -0.144. The van der Waals surface area contributed by atoms with Crippen LogP contribution in [0.4, 0.5) is 10.8 Å². The van der Waals surface area contributed by atoms with E-state index in [0.717, 1.165) is 22.7 Å². The highest BCUT2D eigenvalue weighted by molar-refractivity contribution is 7.15. The number of amides is 1. The summed E-state index contributed by atoms with van der Waals surface area (Å²) in [6, 6.07) is 6.96. The van der Waals surface area contributed by atoms with E-state index in [1.807, 2.05) is 26.8 Å². The van der Waals surface area contributed by atoms with E-state index in [1.165, 1.54) is 0 Å². The number of nitrogens with one attached hydrogen (secondary N) is 2. The van der Waals surface area contributed by atoms with E-state index < -0.39 is 11.5 Å². The maximum Gasteiger partial charge on any atom is 0.220 e. The van der Waals surface area contributed by atoms with E-state index >= 15 is 0 Å². The predicted octanol–water partition coefficient (Wildman–Crippen LogP) is 3.92. The van der Waals surface area contributed by atoms with Crippen molar-refractivity contribution in [3.8, 4) is 5.75 Å². The summed E-state index contributed by atoms with van der Waals surface area (Å²) in [7, 11) is 0. The molecule has 1 fully saturated rings. The smallest absolute Gasteiger partial charge is 0.220 e. The van der Waals surface area contributed by atoms with Crippen molar-refractivity contribution in [2.24, 2.45) is 16.7 Å². The molecule has 1 amide bonds. The van der Waals surface area contributed by atoms with Gasteiger partial charge in [0.2, 0.25) is 5.91 Å². The minimum atomic E-state index is -0.639. The van der Waals surface area contributed by atoms with E-state index in [-0.39, 0.29) is 41.6 Å². The Balaban J connectivity index is 1.74. The van der Waals surface area contributed by atoms with Crippen molar-refractivity contribution in [2.75, 3.05) is 11.9 Å². The lowest BCUT2D eigenvalue weighted by Gasteiger charge is -2.58. The number of fused-ring (bicyclic) bond motifs is 2. The largest absolute Gasteiger partial charge is 0.508 e. The summed E-state index contributed by atoms with van der Waals surface area (Å²) >= 11 is 1.55. The van der Waals surface area contributed by atoms with Crippen molar-refractivity contribution in [1.29, 1.82) is 0 Å². The number of carbonyl (C=O) groups is 1. The van der Waals surface area contributed by atoms with Crippen LogP contribution in [0.25, 0.3) is 0 Å². The maximum absolute atomic E-state index is 12.9. The van der Waals surface area contributed by atoms with E-state index in [1.54, 1.807) is 29.5 Å². The van der Waals surface area contributed by atoms with Crippen LogP contribution in [0.15, 0.2) is 24.3 Å². The predicted molar refractivity (Wildman–Crippen MR) is 130 cm³/mol. The highest BCUT2D eigenvalue weighted by Gasteiger charge is 2.59. The van der Waals surface area contributed by atoms with E-state index in [9.17, 15) is 20.1 Å². The van der Waals surface area contributed by atoms with Crippen molar-refractivity contribution in [1.82, 2.24) is 10.3 Å². The second-order valence-electron chi connectivity index (χ2n) is 10.5. The molecule has 7 nitrogen and oxygen atoms in total. The molecule has 5 atom stereocenters. The van der Waals surface area contributed by atoms with Crippen molar-refractivity contribution >= 4 is 28.1 Å². The van der Waals surface area contributed by atoms with Gasteiger partial charge in [0.1, 0.15) is 5.75 Å². The van der Waals surface area contributed by atoms with E-state index in [0.29, 0.717) is 24.4 Å². The summed E-state index contributed by atoms with van der Waals surface area (Å²) < 4.78 is 0. The van der Waals surface area contributed by atoms with Gasteiger partial charge in [-0.3, -0.25) is 4.79 Å². The lowest BCUT2D eigenvalue weighted by Crippen LogP contribution is -2.57. The monoisotopic (exact) mass is 473 g/mol. The summed E-state index contributed by atoms with van der Waals surface area (Å²) in [5.74, 6) is 0.0856. The molecular weight excluding hydrogens is 438 g/mol. The standard InChI is InChI=1S/C25H35N3O4S/c1-14(2)26-21(32)11-17-22-18(33-23(28-22)27-15-6-5-7-16(30)10-15)12-19-24(17,3)9-8-20(31)25(19,4)13-29/h5-7,10,14,17,19-20,29-31H,8-9,11-13H2,1-4H3,(H,26,32)(H,27,28)/t17-,19+,20+,24-,25-/m0/s1. The van der Waals surface area contributed by atoms with Gasteiger partial charge in [0, 0.05) is 40.4 Å². The van der Waals surface area contributed by atoms with Crippen LogP contribution in [0.5, 0.6) is 5.75 Å². The first-order chi connectivity index (χ1) is 15.6. The Bertz CT molecular complexity index is 1020. The number of aromatic nitrogens is 1. The van der Waals surface area contributed by atoms with Crippen LogP contribution >= 0.6 is 11.3 Å². The summed E-state index contributed by atoms with van der Waals surface area (Å²) in [4.78, 5) is 18.9. The summed E-state index contributed by atoms with van der Waals surface area (Å²) in [6.07, 6.45) is 1.83. The summed E-state index contributed by atoms with van der Waals surface area (Å²) in [5.41, 5.74) is 0.778. The zero-order valence-corrected chi connectivity index (χ0v) is 20.6. The highest BCUT2D eigenvalue weighted by atomic mass is 32.1. The van der Waals surface area contributed by atoms with Crippen LogP contribution in [0.1, 0.15) is 63.4 Å². The average molecular weight is 474 g/mol. The van der Waals surface area contributed by atoms with Crippen LogP contribution in [0, 0.1) is 16.7 Å². The van der Waals surface area contributed by atoms with Crippen LogP contribution in [0.2, 0.25) is 0 Å². The van der Waals surface area contributed by atoms with Gasteiger partial charge in [-0.05, 0) is 56.6 Å². The Morgan fingerprint density at radius 2 is 2.09 bits per heavy atom. The van der Waals surface area contributed by atoms with Gasteiger partial charge in [-0.25, -0.2) is 4.98 Å². The number of anilines is 2. The third-order valence-electron chi connectivity index (χ3n) is 7.83. The van der Waals surface area contributed by atoms with Gasteiger partial charge in [-0.2, -0.15) is 0 Å². The molecule has 2 aliphatic rings. The third kappa shape index (κ3) is 4.36. The minimum absolute atomic E-state index is 0.00450. The zero-order chi connectivity index (χ0) is 24.0. The van der Waals surface area contributed by atoms with Crippen molar-refractivity contribution in [3.05, 3.63) is 34.8 Å². The molecule has 33 heavy (non-hydrogen) atoms. The molecule has 1 saturated carbocycles. The van der Waals surface area contributed by atoms with Gasteiger partial charge in [-0.15, -0.1) is 11.3 Å². The normalized spacial score (nSPS) is 31.1. The fourth-order valence-electron chi connectivity index (χ4n) is 5.97. The number of phenolic OH excluding ortho intramolecular Hbond substituents is 1. The molecule has 8 heteroatoms. The minimum Gasteiger partial charge on any atom is -0.508 e. The average Bonchev–Trinajstić information content (AvgIpc) is 3.14. The molecular formula is C25H35N3O4S. The van der Waals surface area contributed by atoms with Gasteiger partial charge < -0.3 is 26.0 Å². The van der Waals surface area contributed by atoms with Gasteiger partial charge in [0.05, 0.1) is 18.4 Å². The molecule has 2 aromatic rings. The third-order valence-corrected chi connectivity index (χ3v) is 8.84. The highest BCUT2D eigenvalue weighted by Crippen LogP contribution is 2.62. The Morgan fingerprint density at radius 1 is 1.33 bits per heavy atom. The van der Waals surface area contributed by atoms with Gasteiger partial charge >= 0.3 is 0 Å². The van der Waals surface area contributed by atoms with Gasteiger partial charge in [0.25, 0.3) is 0 Å². The van der Waals surface area contributed by atoms with Crippen molar-refractivity contribution in [2.45, 2.75) is 71.4 Å². The molecule has 0 saturated heterocycles. The SMILES string of the molecule is CC(C)NC(=O)C[C@H]1c2nc(Nc3cccc(O)c3)sc2C[C@H]2[C@](C)(CO)[C@H](O)CC[C@]21C. The number of aliphatic hydroxyl groups is 2. The van der Waals surface area contributed by atoms with Crippen molar-refractivity contribution < 1.29 is 20.1 Å². The molecule has 1 heterocycles. The Morgan fingerprint density at radius 3 is 2.76 bits per heavy atom. The lowest BCUT2D eigenvalue weighted by atomic mass is 9.47. The summed E-state index contributed by atoms with van der Waals surface area (Å²) in [5, 5.41) is 38.0. The topological polar surface area (TPSA) is 115 Å². The Labute approximate surface area is 199 Å². The summed E-state index contributed by atoms with van der Waals surface area (Å²) in [6.45, 7) is 7.99. The number of hydrogen-bond acceptors (Lipinski definition) is 7. The molecule has 0 bridgehead atoms. The van der Waals surface area contributed by atoms with Crippen LogP contribution < -0.4 is 10.6 Å². The number of hydrogen-bond donors (Lipinski definition) is 5. The van der Waals surface area contributed by atoms with Gasteiger partial charge in [0.15, 0.2) is 5.13 Å². The molecule has 0 unspecified atom stereocenters. The molecule has 1 aromatic heterocycles. The molecule has 1 aromatic carbocycles. The molecule has 4 rings (SSSR count). The number of thiazole rings is 1. The van der Waals surface area contributed by atoms with Crippen molar-refractivity contribution in [3.63, 3.8) is 0 Å². The molecule has 5 N–H and O–H groups in total. The number of aromatic hydroxyl groups is 1. The first kappa shape index (κ1) is 24.0. The van der Waals surface area contributed by atoms with Gasteiger partial charge in [-0.1, -0.05) is 19.9 Å². The number of phenols is 1. The molecule has 2 aliphatic carbocycles. The van der Waals surface area contributed by atoms with Crippen LogP contribution in [-0.4, -0.2) is 45.0 Å². The Hall–Kier alpha value is -2.16. The van der Waals surface area contributed by atoms with Crippen LogP contribution in [-0.2, 0) is 11.2 Å². The molecule has 180 valence electrons. The maximum atomic E-state index is 12.9. The molecule has 0 radical (unpaired) electrons. The second kappa shape index (κ2) is 8.89. The number of carbonyl (C=O) groups excluding carboxylic acids is 1. The molecule has 0 aliphatic heterocycles. The first-order valence-corrected chi connectivity index (χ1v) is 12.5. The van der Waals surface area contributed by atoms with Crippen LogP contribution in [0.3, 0.4) is 0 Å². The number of rotatable bonds is 6. The number of nitrogens with zero attached hydrogens (tertiary/aromatic N) is 1. The zero-order valence-electron chi connectivity index (χ0n) is 19.8. The molecule has 0 spiro atoms. The first-order valence-electron chi connectivity index (χ1n) is 11.7. The van der Waals surface area contributed by atoms with E-state index in [2.05, 4.69) is 17.6 Å². The van der Waals surface area contributed by atoms with E-state index in [4.69, 9.17) is 4.98 Å². The fourth-order valence-corrected chi connectivity index (χ4v) is 7.06. The number of benzene rings is 1. The Kier molecular flexibility index (Phi) is 6.46. The quantitative estimate of drug-likeness (QED) is 0.434.